The van der Waals surface area contributed by atoms with Crippen LogP contribution in [0.3, 0.4) is 0 Å². The van der Waals surface area contributed by atoms with Gasteiger partial charge in [0.25, 0.3) is 5.91 Å². The quantitative estimate of drug-likeness (QED) is 0.710. The zero-order valence-electron chi connectivity index (χ0n) is 13.3. The van der Waals surface area contributed by atoms with Crippen molar-refractivity contribution < 1.29 is 26.7 Å². The number of rotatable bonds is 5. The van der Waals surface area contributed by atoms with Gasteiger partial charge in [-0.2, -0.15) is 8.78 Å². The Hall–Kier alpha value is -2.59. The Kier molecular flexibility index (Phi) is 4.88. The van der Waals surface area contributed by atoms with Crippen LogP contribution in [0.15, 0.2) is 47.4 Å². The van der Waals surface area contributed by atoms with Gasteiger partial charge in [-0.3, -0.25) is 10.1 Å². The molecule has 136 valence electrons. The number of anilines is 1. The smallest absolute Gasteiger partial charge is 0.387 e. The highest BCUT2D eigenvalue weighted by Crippen LogP contribution is 2.28. The molecule has 26 heavy (non-hydrogen) atoms. The Balaban J connectivity index is 1.83. The molecule has 1 heterocycles. The van der Waals surface area contributed by atoms with Crippen molar-refractivity contribution in [2.75, 3.05) is 11.6 Å². The SMILES string of the molecule is CS(=O)(=O)c1ccc2nc(NC(=O)c3cccc(OC(F)F)c3)sc2c1. The summed E-state index contributed by atoms with van der Waals surface area (Å²) in [5, 5.41) is 2.82. The van der Waals surface area contributed by atoms with Crippen molar-refractivity contribution in [2.45, 2.75) is 11.5 Å². The number of benzene rings is 2. The minimum Gasteiger partial charge on any atom is -0.435 e. The summed E-state index contributed by atoms with van der Waals surface area (Å²) in [7, 11) is -3.35. The minimum atomic E-state index is -3.35. The van der Waals surface area contributed by atoms with Gasteiger partial charge in [0, 0.05) is 11.8 Å². The molecule has 10 heteroatoms. The minimum absolute atomic E-state index is 0.124. The lowest BCUT2D eigenvalue weighted by molar-refractivity contribution is -0.0498. The summed E-state index contributed by atoms with van der Waals surface area (Å²) in [6.07, 6.45) is 1.10. The standard InChI is InChI=1S/C16H12F2N2O4S2/c1-26(22,23)11-5-6-12-13(8-11)25-16(19-12)20-14(21)9-3-2-4-10(7-9)24-15(17)18/h2-8,15H,1H3,(H,19,20,21). The lowest BCUT2D eigenvalue weighted by Gasteiger charge is -2.06. The molecule has 0 fully saturated rings. The fraction of sp³-hybridized carbons (Fsp3) is 0.125. The van der Waals surface area contributed by atoms with E-state index >= 15 is 0 Å². The van der Waals surface area contributed by atoms with E-state index in [2.05, 4.69) is 15.0 Å². The third kappa shape index (κ3) is 4.14. The summed E-state index contributed by atoms with van der Waals surface area (Å²) in [5.74, 6) is -0.679. The molecule has 0 aliphatic rings. The molecule has 6 nitrogen and oxygen atoms in total. The lowest BCUT2D eigenvalue weighted by Crippen LogP contribution is -2.12. The van der Waals surface area contributed by atoms with E-state index in [0.29, 0.717) is 10.2 Å². The van der Waals surface area contributed by atoms with Crippen LogP contribution < -0.4 is 10.1 Å². The number of fused-ring (bicyclic) bond motifs is 1. The number of alkyl halides is 2. The van der Waals surface area contributed by atoms with Gasteiger partial charge in [0.2, 0.25) is 0 Å². The van der Waals surface area contributed by atoms with E-state index in [1.54, 1.807) is 6.07 Å². The van der Waals surface area contributed by atoms with Crippen molar-refractivity contribution in [2.24, 2.45) is 0 Å². The van der Waals surface area contributed by atoms with Crippen LogP contribution in [0.5, 0.6) is 5.75 Å². The van der Waals surface area contributed by atoms with E-state index in [1.807, 2.05) is 0 Å². The number of aromatic nitrogens is 1. The third-order valence-corrected chi connectivity index (χ3v) is 5.37. The molecule has 0 saturated carbocycles. The molecule has 1 N–H and O–H groups in total. The second-order valence-corrected chi connectivity index (χ2v) is 8.33. The first-order chi connectivity index (χ1) is 12.2. The number of carbonyl (C=O) groups excluding carboxylic acids is 1. The highest BCUT2D eigenvalue weighted by molar-refractivity contribution is 7.90. The largest absolute Gasteiger partial charge is 0.435 e. The van der Waals surface area contributed by atoms with Crippen molar-refractivity contribution in [3.05, 3.63) is 48.0 Å². The molecule has 0 spiro atoms. The topological polar surface area (TPSA) is 85.4 Å². The fourth-order valence-corrected chi connectivity index (χ4v) is 3.79. The zero-order chi connectivity index (χ0) is 18.9. The molecule has 1 aromatic heterocycles. The molecule has 1 amide bonds. The molecular formula is C16H12F2N2O4S2. The monoisotopic (exact) mass is 398 g/mol. The van der Waals surface area contributed by atoms with E-state index in [-0.39, 0.29) is 21.3 Å². The van der Waals surface area contributed by atoms with E-state index in [9.17, 15) is 22.0 Å². The van der Waals surface area contributed by atoms with Gasteiger partial charge in [-0.05, 0) is 36.4 Å². The van der Waals surface area contributed by atoms with Crippen LogP contribution in [0.4, 0.5) is 13.9 Å². The average Bonchev–Trinajstić information content (AvgIpc) is 2.94. The second-order valence-electron chi connectivity index (χ2n) is 5.28. The zero-order valence-corrected chi connectivity index (χ0v) is 14.9. The van der Waals surface area contributed by atoms with Gasteiger partial charge < -0.3 is 4.74 Å². The van der Waals surface area contributed by atoms with Gasteiger partial charge in [-0.1, -0.05) is 17.4 Å². The maximum absolute atomic E-state index is 12.3. The normalized spacial score (nSPS) is 11.7. The van der Waals surface area contributed by atoms with Gasteiger partial charge in [0.05, 0.1) is 15.1 Å². The molecule has 3 aromatic rings. The van der Waals surface area contributed by atoms with Crippen LogP contribution >= 0.6 is 11.3 Å². The Morgan fingerprint density at radius 3 is 2.69 bits per heavy atom. The number of hydrogen-bond donors (Lipinski definition) is 1. The molecule has 0 unspecified atom stereocenters. The van der Waals surface area contributed by atoms with E-state index in [1.165, 1.54) is 36.4 Å². The molecular weight excluding hydrogens is 386 g/mol. The van der Waals surface area contributed by atoms with Crippen LogP contribution in [0.1, 0.15) is 10.4 Å². The first-order valence-electron chi connectivity index (χ1n) is 7.19. The number of ether oxygens (including phenoxy) is 1. The second kappa shape index (κ2) is 6.96. The predicted octanol–water partition coefficient (Wildman–Crippen LogP) is 3.55. The highest BCUT2D eigenvalue weighted by Gasteiger charge is 2.14. The first-order valence-corrected chi connectivity index (χ1v) is 9.90. The molecule has 2 aromatic carbocycles. The maximum Gasteiger partial charge on any atom is 0.387 e. The summed E-state index contributed by atoms with van der Waals surface area (Å²) in [4.78, 5) is 16.6. The van der Waals surface area contributed by atoms with E-state index in [4.69, 9.17) is 0 Å². The van der Waals surface area contributed by atoms with Crippen LogP contribution in [-0.4, -0.2) is 32.2 Å². The predicted molar refractivity (Wildman–Crippen MR) is 93.8 cm³/mol. The highest BCUT2D eigenvalue weighted by atomic mass is 32.2. The van der Waals surface area contributed by atoms with Crippen molar-refractivity contribution in [3.8, 4) is 5.75 Å². The maximum atomic E-state index is 12.3. The van der Waals surface area contributed by atoms with Crippen LogP contribution in [0, 0.1) is 0 Å². The molecule has 0 bridgehead atoms. The molecule has 3 rings (SSSR count). The Morgan fingerprint density at radius 1 is 1.23 bits per heavy atom. The third-order valence-electron chi connectivity index (χ3n) is 3.33. The Bertz CT molecular complexity index is 1080. The van der Waals surface area contributed by atoms with Crippen LogP contribution in [0.2, 0.25) is 0 Å². The Morgan fingerprint density at radius 2 is 2.00 bits per heavy atom. The molecule has 0 radical (unpaired) electrons. The summed E-state index contributed by atoms with van der Waals surface area (Å²) < 4.78 is 52.6. The number of sulfone groups is 1. The van der Waals surface area contributed by atoms with Gasteiger partial charge >= 0.3 is 6.61 Å². The molecule has 0 aliphatic carbocycles. The number of hydrogen-bond acceptors (Lipinski definition) is 6. The Labute approximate surface area is 151 Å². The number of halogens is 2. The van der Waals surface area contributed by atoms with Gasteiger partial charge in [-0.25, -0.2) is 13.4 Å². The van der Waals surface area contributed by atoms with Crippen molar-refractivity contribution in [3.63, 3.8) is 0 Å². The van der Waals surface area contributed by atoms with Gasteiger partial charge in [-0.15, -0.1) is 0 Å². The average molecular weight is 398 g/mol. The van der Waals surface area contributed by atoms with E-state index < -0.39 is 22.4 Å². The summed E-state index contributed by atoms with van der Waals surface area (Å²) in [6, 6.07) is 9.84. The number of carbonyl (C=O) groups is 1. The number of nitrogens with one attached hydrogen (secondary N) is 1. The lowest BCUT2D eigenvalue weighted by atomic mass is 10.2. The number of nitrogens with zero attached hydrogens (tertiary/aromatic N) is 1. The van der Waals surface area contributed by atoms with Crippen LogP contribution in [-0.2, 0) is 9.84 Å². The fourth-order valence-electron chi connectivity index (χ4n) is 2.17. The van der Waals surface area contributed by atoms with Crippen molar-refractivity contribution in [1.82, 2.24) is 4.98 Å². The van der Waals surface area contributed by atoms with E-state index in [0.717, 1.165) is 17.6 Å². The van der Waals surface area contributed by atoms with Crippen LogP contribution in [0.25, 0.3) is 10.2 Å². The molecule has 0 saturated heterocycles. The van der Waals surface area contributed by atoms with Crippen molar-refractivity contribution >= 4 is 42.4 Å². The summed E-state index contributed by atoms with van der Waals surface area (Å²) >= 11 is 1.11. The van der Waals surface area contributed by atoms with Crippen molar-refractivity contribution in [1.29, 1.82) is 0 Å². The van der Waals surface area contributed by atoms with Gasteiger partial charge in [0.15, 0.2) is 15.0 Å². The summed E-state index contributed by atoms with van der Waals surface area (Å²) in [6.45, 7) is -2.98. The number of thiazole rings is 1. The molecule has 0 aliphatic heterocycles. The van der Waals surface area contributed by atoms with Gasteiger partial charge in [0.1, 0.15) is 5.75 Å². The first kappa shape index (κ1) is 18.2. The summed E-state index contributed by atoms with van der Waals surface area (Å²) in [5.41, 5.74) is 0.659. The number of amides is 1. The molecule has 0 atom stereocenters.